The number of hydrogen-bond donors (Lipinski definition) is 1. The predicted octanol–water partition coefficient (Wildman–Crippen LogP) is 2.72. The lowest BCUT2D eigenvalue weighted by Gasteiger charge is -2.13. The fourth-order valence-corrected chi connectivity index (χ4v) is 1.53. The maximum absolute atomic E-state index is 12.4. The SMILES string of the molecule is CC#CC(=O)NCc1ccc(OCCC)cc1OC(F)F. The van der Waals surface area contributed by atoms with Crippen LogP contribution in [0, 0.1) is 11.8 Å². The van der Waals surface area contributed by atoms with Crippen LogP contribution in [0.2, 0.25) is 0 Å². The van der Waals surface area contributed by atoms with Crippen LogP contribution in [0.15, 0.2) is 18.2 Å². The maximum atomic E-state index is 12.4. The molecule has 0 spiro atoms. The smallest absolute Gasteiger partial charge is 0.387 e. The van der Waals surface area contributed by atoms with Crippen molar-refractivity contribution >= 4 is 5.91 Å². The summed E-state index contributed by atoms with van der Waals surface area (Å²) >= 11 is 0. The van der Waals surface area contributed by atoms with Crippen LogP contribution in [0.5, 0.6) is 11.5 Å². The Labute approximate surface area is 122 Å². The molecule has 1 aromatic rings. The third kappa shape index (κ3) is 6.13. The van der Waals surface area contributed by atoms with E-state index >= 15 is 0 Å². The minimum atomic E-state index is -2.95. The maximum Gasteiger partial charge on any atom is 0.387 e. The van der Waals surface area contributed by atoms with Crippen LogP contribution in [0.3, 0.4) is 0 Å². The average molecular weight is 297 g/mol. The largest absolute Gasteiger partial charge is 0.493 e. The summed E-state index contributed by atoms with van der Waals surface area (Å²) in [6, 6.07) is 4.60. The van der Waals surface area contributed by atoms with Gasteiger partial charge in [0.15, 0.2) is 0 Å². The van der Waals surface area contributed by atoms with Gasteiger partial charge in [0.2, 0.25) is 0 Å². The van der Waals surface area contributed by atoms with Crippen LogP contribution in [0.1, 0.15) is 25.8 Å². The number of ether oxygens (including phenoxy) is 2. The Balaban J connectivity index is 2.84. The third-order valence-corrected chi connectivity index (χ3v) is 2.41. The molecule has 0 saturated heterocycles. The fourth-order valence-electron chi connectivity index (χ4n) is 1.53. The zero-order valence-electron chi connectivity index (χ0n) is 11.9. The second kappa shape index (κ2) is 8.80. The molecular weight excluding hydrogens is 280 g/mol. The standard InChI is InChI=1S/C15H17F2NO3/c1-3-5-14(19)18-10-11-6-7-12(20-8-4-2)9-13(11)21-15(16)17/h6-7,9,15H,4,8,10H2,1-2H3,(H,18,19). The van der Waals surface area contributed by atoms with E-state index in [0.717, 1.165) is 6.42 Å². The van der Waals surface area contributed by atoms with Gasteiger partial charge in [0, 0.05) is 18.2 Å². The van der Waals surface area contributed by atoms with E-state index in [1.165, 1.54) is 13.0 Å². The fraction of sp³-hybridized carbons (Fsp3) is 0.400. The van der Waals surface area contributed by atoms with Gasteiger partial charge in [-0.1, -0.05) is 12.8 Å². The second-order valence-corrected chi connectivity index (χ2v) is 4.05. The molecular formula is C15H17F2NO3. The number of amides is 1. The third-order valence-electron chi connectivity index (χ3n) is 2.41. The van der Waals surface area contributed by atoms with Gasteiger partial charge >= 0.3 is 6.61 Å². The molecule has 0 bridgehead atoms. The normalized spacial score (nSPS) is 9.76. The minimum absolute atomic E-state index is 0.0247. The molecule has 1 aromatic carbocycles. The van der Waals surface area contributed by atoms with Crippen LogP contribution in [0.4, 0.5) is 8.78 Å². The number of carbonyl (C=O) groups is 1. The molecule has 6 heteroatoms. The number of rotatable bonds is 7. The summed E-state index contributed by atoms with van der Waals surface area (Å²) in [4.78, 5) is 11.3. The molecule has 1 N–H and O–H groups in total. The molecule has 0 radical (unpaired) electrons. The zero-order chi connectivity index (χ0) is 15.7. The number of nitrogens with one attached hydrogen (secondary N) is 1. The van der Waals surface area contributed by atoms with Gasteiger partial charge in [-0.05, 0) is 31.4 Å². The Morgan fingerprint density at radius 3 is 2.81 bits per heavy atom. The van der Waals surface area contributed by atoms with E-state index in [0.29, 0.717) is 17.9 Å². The van der Waals surface area contributed by atoms with Crippen LogP contribution < -0.4 is 14.8 Å². The molecule has 0 atom stereocenters. The first-order valence-corrected chi connectivity index (χ1v) is 6.48. The van der Waals surface area contributed by atoms with Crippen molar-refractivity contribution in [1.29, 1.82) is 0 Å². The van der Waals surface area contributed by atoms with Crippen molar-refractivity contribution in [1.82, 2.24) is 5.32 Å². The summed E-state index contributed by atoms with van der Waals surface area (Å²) in [5.74, 6) is 4.69. The summed E-state index contributed by atoms with van der Waals surface area (Å²) in [5, 5.41) is 2.50. The van der Waals surface area contributed by atoms with Crippen molar-refractivity contribution in [3.63, 3.8) is 0 Å². The van der Waals surface area contributed by atoms with Crippen molar-refractivity contribution in [2.24, 2.45) is 0 Å². The van der Waals surface area contributed by atoms with Crippen LogP contribution in [0.25, 0.3) is 0 Å². The summed E-state index contributed by atoms with van der Waals surface area (Å²) in [6.45, 7) is 1.05. The topological polar surface area (TPSA) is 47.6 Å². The molecule has 0 aliphatic carbocycles. The second-order valence-electron chi connectivity index (χ2n) is 4.05. The lowest BCUT2D eigenvalue weighted by atomic mass is 10.2. The lowest BCUT2D eigenvalue weighted by molar-refractivity contribution is -0.115. The van der Waals surface area contributed by atoms with Gasteiger partial charge in [0.25, 0.3) is 5.91 Å². The van der Waals surface area contributed by atoms with Gasteiger partial charge in [-0.3, -0.25) is 4.79 Å². The Morgan fingerprint density at radius 2 is 2.19 bits per heavy atom. The lowest BCUT2D eigenvalue weighted by Crippen LogP contribution is -2.21. The van der Waals surface area contributed by atoms with Crippen molar-refractivity contribution < 1.29 is 23.0 Å². The van der Waals surface area contributed by atoms with Crippen LogP contribution >= 0.6 is 0 Å². The summed E-state index contributed by atoms with van der Waals surface area (Å²) in [6.07, 6.45) is 0.804. The van der Waals surface area contributed by atoms with E-state index < -0.39 is 12.5 Å². The quantitative estimate of drug-likeness (QED) is 0.787. The van der Waals surface area contributed by atoms with Crippen molar-refractivity contribution in [2.75, 3.05) is 6.61 Å². The first kappa shape index (κ1) is 16.8. The predicted molar refractivity (Wildman–Crippen MR) is 74.2 cm³/mol. The van der Waals surface area contributed by atoms with Gasteiger partial charge in [-0.2, -0.15) is 8.78 Å². The van der Waals surface area contributed by atoms with Crippen molar-refractivity contribution in [3.8, 4) is 23.3 Å². The number of benzene rings is 1. The van der Waals surface area contributed by atoms with Crippen molar-refractivity contribution in [2.45, 2.75) is 33.4 Å². The van der Waals surface area contributed by atoms with Gasteiger partial charge in [-0.25, -0.2) is 0 Å². The highest BCUT2D eigenvalue weighted by atomic mass is 19.3. The highest BCUT2D eigenvalue weighted by Crippen LogP contribution is 2.26. The molecule has 0 aromatic heterocycles. The van der Waals surface area contributed by atoms with E-state index in [2.05, 4.69) is 21.9 Å². The summed E-state index contributed by atoms with van der Waals surface area (Å²) < 4.78 is 34.7. The Hall–Kier alpha value is -2.29. The number of halogens is 2. The van der Waals surface area contributed by atoms with Gasteiger partial charge in [0.1, 0.15) is 11.5 Å². The molecule has 4 nitrogen and oxygen atoms in total. The molecule has 1 rings (SSSR count). The van der Waals surface area contributed by atoms with Crippen LogP contribution in [-0.2, 0) is 11.3 Å². The molecule has 0 saturated carbocycles. The van der Waals surface area contributed by atoms with Gasteiger partial charge in [0.05, 0.1) is 6.61 Å². The molecule has 114 valence electrons. The van der Waals surface area contributed by atoms with E-state index in [1.54, 1.807) is 12.1 Å². The highest BCUT2D eigenvalue weighted by molar-refractivity contribution is 5.93. The Morgan fingerprint density at radius 1 is 1.43 bits per heavy atom. The average Bonchev–Trinajstić information content (AvgIpc) is 2.43. The van der Waals surface area contributed by atoms with E-state index in [1.807, 2.05) is 6.92 Å². The monoisotopic (exact) mass is 297 g/mol. The Bertz CT molecular complexity index is 535. The first-order chi connectivity index (χ1) is 10.1. The number of carbonyl (C=O) groups excluding carboxylic acids is 1. The molecule has 0 fully saturated rings. The zero-order valence-corrected chi connectivity index (χ0v) is 11.9. The molecule has 0 aliphatic heterocycles. The summed E-state index contributed by atoms with van der Waals surface area (Å²) in [5.41, 5.74) is 0.422. The van der Waals surface area contributed by atoms with Crippen molar-refractivity contribution in [3.05, 3.63) is 23.8 Å². The molecule has 0 aliphatic rings. The molecule has 0 heterocycles. The first-order valence-electron chi connectivity index (χ1n) is 6.48. The molecule has 1 amide bonds. The van der Waals surface area contributed by atoms with Gasteiger partial charge < -0.3 is 14.8 Å². The summed E-state index contributed by atoms with van der Waals surface area (Å²) in [7, 11) is 0. The van der Waals surface area contributed by atoms with E-state index in [9.17, 15) is 13.6 Å². The van der Waals surface area contributed by atoms with Gasteiger partial charge in [-0.15, -0.1) is 0 Å². The minimum Gasteiger partial charge on any atom is -0.493 e. The Kier molecular flexibility index (Phi) is 7.02. The van der Waals surface area contributed by atoms with E-state index in [4.69, 9.17) is 4.74 Å². The molecule has 21 heavy (non-hydrogen) atoms. The number of alkyl halides is 2. The number of hydrogen-bond acceptors (Lipinski definition) is 3. The molecule has 0 unspecified atom stereocenters. The highest BCUT2D eigenvalue weighted by Gasteiger charge is 2.12. The van der Waals surface area contributed by atoms with Crippen LogP contribution in [-0.4, -0.2) is 19.1 Å². The van der Waals surface area contributed by atoms with E-state index in [-0.39, 0.29) is 12.3 Å².